The highest BCUT2D eigenvalue weighted by atomic mass is 19.4. The molecule has 1 saturated heterocycles. The topological polar surface area (TPSA) is 42.1 Å². The molecule has 1 aromatic heterocycles. The van der Waals surface area contributed by atoms with Crippen molar-refractivity contribution in [2.75, 3.05) is 24.5 Å². The predicted molar refractivity (Wildman–Crippen MR) is 67.8 cm³/mol. The number of piperidine rings is 1. The number of halogens is 3. The van der Waals surface area contributed by atoms with Crippen molar-refractivity contribution in [2.24, 2.45) is 11.1 Å². The van der Waals surface area contributed by atoms with Crippen molar-refractivity contribution in [1.29, 1.82) is 0 Å². The number of nitrogens with zero attached hydrogens (tertiary/aromatic N) is 2. The van der Waals surface area contributed by atoms with E-state index in [1.54, 1.807) is 0 Å². The molecule has 0 radical (unpaired) electrons. The van der Waals surface area contributed by atoms with Crippen LogP contribution in [0.2, 0.25) is 0 Å². The molecular formula is C13H18F3N3. The summed E-state index contributed by atoms with van der Waals surface area (Å²) in [6, 6.07) is 2.52. The Labute approximate surface area is 110 Å². The van der Waals surface area contributed by atoms with E-state index in [0.717, 1.165) is 38.2 Å². The monoisotopic (exact) mass is 273 g/mol. The molecule has 2 heterocycles. The first-order valence-corrected chi connectivity index (χ1v) is 6.32. The fourth-order valence-corrected chi connectivity index (χ4v) is 2.22. The molecule has 0 amide bonds. The summed E-state index contributed by atoms with van der Waals surface area (Å²) in [5, 5.41) is 0. The predicted octanol–water partition coefficient (Wildman–Crippen LogP) is 2.67. The van der Waals surface area contributed by atoms with Crippen LogP contribution in [-0.2, 0) is 6.18 Å². The summed E-state index contributed by atoms with van der Waals surface area (Å²) in [4.78, 5) is 5.93. The molecule has 3 nitrogen and oxygen atoms in total. The van der Waals surface area contributed by atoms with Gasteiger partial charge in [-0.05, 0) is 36.9 Å². The third-order valence-electron chi connectivity index (χ3n) is 3.86. The number of rotatable bonds is 2. The SMILES string of the molecule is CC1(CN)CCN(c2ccc(C(F)(F)F)cn2)CC1. The second-order valence-electron chi connectivity index (χ2n) is 5.40. The lowest BCUT2D eigenvalue weighted by molar-refractivity contribution is -0.137. The van der Waals surface area contributed by atoms with Crippen molar-refractivity contribution >= 4 is 5.82 Å². The summed E-state index contributed by atoms with van der Waals surface area (Å²) < 4.78 is 37.3. The molecule has 0 saturated carbocycles. The number of pyridine rings is 1. The third-order valence-corrected chi connectivity index (χ3v) is 3.86. The van der Waals surface area contributed by atoms with Crippen LogP contribution in [0.5, 0.6) is 0 Å². The van der Waals surface area contributed by atoms with Crippen LogP contribution in [0.25, 0.3) is 0 Å². The first-order valence-electron chi connectivity index (χ1n) is 6.32. The van der Waals surface area contributed by atoms with Gasteiger partial charge in [-0.1, -0.05) is 6.92 Å². The zero-order valence-corrected chi connectivity index (χ0v) is 10.9. The molecule has 1 fully saturated rings. The van der Waals surface area contributed by atoms with Gasteiger partial charge in [0.05, 0.1) is 5.56 Å². The van der Waals surface area contributed by atoms with Gasteiger partial charge in [-0.25, -0.2) is 4.98 Å². The van der Waals surface area contributed by atoms with Crippen molar-refractivity contribution in [1.82, 2.24) is 4.98 Å². The highest BCUT2D eigenvalue weighted by Crippen LogP contribution is 2.33. The molecule has 2 rings (SSSR count). The Morgan fingerprint density at radius 1 is 1.32 bits per heavy atom. The molecule has 6 heteroatoms. The molecule has 0 bridgehead atoms. The highest BCUT2D eigenvalue weighted by Gasteiger charge is 2.32. The molecule has 1 aliphatic rings. The van der Waals surface area contributed by atoms with E-state index in [2.05, 4.69) is 11.9 Å². The van der Waals surface area contributed by atoms with Gasteiger partial charge in [0.1, 0.15) is 5.82 Å². The van der Waals surface area contributed by atoms with E-state index >= 15 is 0 Å². The van der Waals surface area contributed by atoms with E-state index in [-0.39, 0.29) is 5.41 Å². The molecule has 106 valence electrons. The highest BCUT2D eigenvalue weighted by molar-refractivity contribution is 5.40. The van der Waals surface area contributed by atoms with E-state index in [4.69, 9.17) is 5.73 Å². The van der Waals surface area contributed by atoms with Gasteiger partial charge >= 0.3 is 6.18 Å². The average Bonchev–Trinajstić information content (AvgIpc) is 2.39. The molecule has 0 spiro atoms. The van der Waals surface area contributed by atoms with Gasteiger partial charge < -0.3 is 10.6 Å². The van der Waals surface area contributed by atoms with Crippen molar-refractivity contribution < 1.29 is 13.2 Å². The smallest absolute Gasteiger partial charge is 0.357 e. The maximum Gasteiger partial charge on any atom is 0.417 e. The Bertz CT molecular complexity index is 420. The lowest BCUT2D eigenvalue weighted by atomic mass is 9.80. The lowest BCUT2D eigenvalue weighted by Crippen LogP contribution is -2.42. The summed E-state index contributed by atoms with van der Waals surface area (Å²) in [6.07, 6.45) is -1.56. The minimum absolute atomic E-state index is 0.141. The first-order chi connectivity index (χ1) is 8.84. The van der Waals surface area contributed by atoms with Gasteiger partial charge in [-0.3, -0.25) is 0 Å². The van der Waals surface area contributed by atoms with E-state index in [9.17, 15) is 13.2 Å². The lowest BCUT2D eigenvalue weighted by Gasteiger charge is -2.39. The Hall–Kier alpha value is -1.30. The number of alkyl halides is 3. The van der Waals surface area contributed by atoms with Crippen LogP contribution in [0.1, 0.15) is 25.3 Å². The zero-order valence-electron chi connectivity index (χ0n) is 10.9. The van der Waals surface area contributed by atoms with Gasteiger partial charge in [0.25, 0.3) is 0 Å². The maximum absolute atomic E-state index is 12.4. The summed E-state index contributed by atoms with van der Waals surface area (Å²) in [5.74, 6) is 0.604. The van der Waals surface area contributed by atoms with Gasteiger partial charge in [0.15, 0.2) is 0 Å². The summed E-state index contributed by atoms with van der Waals surface area (Å²) in [5.41, 5.74) is 5.16. The van der Waals surface area contributed by atoms with Crippen LogP contribution >= 0.6 is 0 Å². The van der Waals surface area contributed by atoms with Gasteiger partial charge in [-0.2, -0.15) is 13.2 Å². The summed E-state index contributed by atoms with van der Waals surface area (Å²) >= 11 is 0. The Kier molecular flexibility index (Phi) is 3.71. The molecule has 0 atom stereocenters. The van der Waals surface area contributed by atoms with Crippen LogP contribution < -0.4 is 10.6 Å². The largest absolute Gasteiger partial charge is 0.417 e. The molecule has 2 N–H and O–H groups in total. The molecular weight excluding hydrogens is 255 g/mol. The van der Waals surface area contributed by atoms with E-state index in [1.165, 1.54) is 6.07 Å². The molecule has 1 aromatic rings. The minimum Gasteiger partial charge on any atom is -0.357 e. The standard InChI is InChI=1S/C13H18F3N3/c1-12(9-17)4-6-19(7-5-12)11-3-2-10(8-18-11)13(14,15)16/h2-3,8H,4-7,9,17H2,1H3. The summed E-state index contributed by atoms with van der Waals surface area (Å²) in [6.45, 7) is 4.35. The van der Waals surface area contributed by atoms with Crippen molar-refractivity contribution in [3.05, 3.63) is 23.9 Å². The molecule has 0 aromatic carbocycles. The van der Waals surface area contributed by atoms with Gasteiger partial charge in [0.2, 0.25) is 0 Å². The molecule has 1 aliphatic heterocycles. The zero-order chi connectivity index (χ0) is 14.1. The van der Waals surface area contributed by atoms with Crippen molar-refractivity contribution in [3.8, 4) is 0 Å². The Balaban J connectivity index is 2.04. The maximum atomic E-state index is 12.4. The number of nitrogens with two attached hydrogens (primary N) is 1. The van der Waals surface area contributed by atoms with Crippen LogP contribution in [0, 0.1) is 5.41 Å². The van der Waals surface area contributed by atoms with E-state index in [1.807, 2.05) is 4.90 Å². The van der Waals surface area contributed by atoms with E-state index < -0.39 is 11.7 Å². The van der Waals surface area contributed by atoms with E-state index in [0.29, 0.717) is 12.4 Å². The molecule has 19 heavy (non-hydrogen) atoms. The van der Waals surface area contributed by atoms with Crippen LogP contribution in [0.15, 0.2) is 18.3 Å². The number of anilines is 1. The van der Waals surface area contributed by atoms with Gasteiger partial charge in [0, 0.05) is 19.3 Å². The Morgan fingerprint density at radius 2 is 1.95 bits per heavy atom. The Morgan fingerprint density at radius 3 is 2.37 bits per heavy atom. The minimum atomic E-state index is -4.33. The fourth-order valence-electron chi connectivity index (χ4n) is 2.22. The third kappa shape index (κ3) is 3.18. The number of hydrogen-bond acceptors (Lipinski definition) is 3. The molecule has 0 aliphatic carbocycles. The second-order valence-corrected chi connectivity index (χ2v) is 5.40. The number of hydrogen-bond donors (Lipinski definition) is 1. The van der Waals surface area contributed by atoms with Crippen LogP contribution in [0.3, 0.4) is 0 Å². The first kappa shape index (κ1) is 14.1. The van der Waals surface area contributed by atoms with Crippen molar-refractivity contribution in [3.63, 3.8) is 0 Å². The normalized spacial score (nSPS) is 19.5. The second kappa shape index (κ2) is 5.00. The van der Waals surface area contributed by atoms with Crippen LogP contribution in [-0.4, -0.2) is 24.6 Å². The summed E-state index contributed by atoms with van der Waals surface area (Å²) in [7, 11) is 0. The average molecular weight is 273 g/mol. The number of aromatic nitrogens is 1. The van der Waals surface area contributed by atoms with Gasteiger partial charge in [-0.15, -0.1) is 0 Å². The van der Waals surface area contributed by atoms with Crippen molar-refractivity contribution in [2.45, 2.75) is 25.9 Å². The molecule has 0 unspecified atom stereocenters. The van der Waals surface area contributed by atoms with Crippen LogP contribution in [0.4, 0.5) is 19.0 Å². The fraction of sp³-hybridized carbons (Fsp3) is 0.615. The quantitative estimate of drug-likeness (QED) is 0.900.